The van der Waals surface area contributed by atoms with E-state index in [1.807, 2.05) is 30.5 Å². The summed E-state index contributed by atoms with van der Waals surface area (Å²) in [7, 11) is 0. The number of esters is 1. The van der Waals surface area contributed by atoms with Gasteiger partial charge in [0.15, 0.2) is 0 Å². The van der Waals surface area contributed by atoms with Gasteiger partial charge in [-0.05, 0) is 18.1 Å². The van der Waals surface area contributed by atoms with Crippen LogP contribution in [-0.2, 0) is 20.7 Å². The number of rotatable bonds is 5. The summed E-state index contributed by atoms with van der Waals surface area (Å²) in [5.74, 6) is -0.0265. The van der Waals surface area contributed by atoms with Gasteiger partial charge in [0.25, 0.3) is 0 Å². The van der Waals surface area contributed by atoms with Crippen LogP contribution in [0.5, 0.6) is 0 Å². The molecule has 0 saturated carbocycles. The zero-order valence-electron chi connectivity index (χ0n) is 11.9. The lowest BCUT2D eigenvalue weighted by Gasteiger charge is -2.13. The van der Waals surface area contributed by atoms with Crippen molar-refractivity contribution in [2.75, 3.05) is 19.8 Å². The first-order valence-corrected chi connectivity index (χ1v) is 7.29. The highest BCUT2D eigenvalue weighted by Crippen LogP contribution is 2.19. The van der Waals surface area contributed by atoms with Crippen LogP contribution in [0.3, 0.4) is 0 Å². The quantitative estimate of drug-likeness (QED) is 0.820. The monoisotopic (exact) mass is 288 g/mol. The molecule has 3 N–H and O–H groups in total. The van der Waals surface area contributed by atoms with Crippen molar-refractivity contribution in [1.82, 2.24) is 4.98 Å². The largest absolute Gasteiger partial charge is 0.464 e. The van der Waals surface area contributed by atoms with Crippen LogP contribution in [0.15, 0.2) is 30.5 Å². The minimum atomic E-state index is -0.633. The predicted molar refractivity (Wildman–Crippen MR) is 79.9 cm³/mol. The summed E-state index contributed by atoms with van der Waals surface area (Å²) < 4.78 is 10.6. The number of nitrogens with two attached hydrogens (primary N) is 1. The van der Waals surface area contributed by atoms with Crippen molar-refractivity contribution < 1.29 is 14.3 Å². The van der Waals surface area contributed by atoms with E-state index in [0.717, 1.165) is 29.5 Å². The Morgan fingerprint density at radius 3 is 3.14 bits per heavy atom. The topological polar surface area (TPSA) is 77.3 Å². The molecule has 1 fully saturated rings. The van der Waals surface area contributed by atoms with Crippen molar-refractivity contribution in [3.05, 3.63) is 36.0 Å². The third-order valence-corrected chi connectivity index (χ3v) is 3.90. The Morgan fingerprint density at radius 1 is 1.48 bits per heavy atom. The van der Waals surface area contributed by atoms with Gasteiger partial charge in [0.05, 0.1) is 13.2 Å². The van der Waals surface area contributed by atoms with E-state index < -0.39 is 6.04 Å². The number of aromatic nitrogens is 1. The molecule has 21 heavy (non-hydrogen) atoms. The lowest BCUT2D eigenvalue weighted by Crippen LogP contribution is -2.35. The number of ether oxygens (including phenoxy) is 2. The van der Waals surface area contributed by atoms with Crippen LogP contribution >= 0.6 is 0 Å². The Morgan fingerprint density at radius 2 is 2.33 bits per heavy atom. The molecular weight excluding hydrogens is 268 g/mol. The number of nitrogens with one attached hydrogen (secondary N) is 1. The molecule has 2 heterocycles. The first kappa shape index (κ1) is 14.1. The van der Waals surface area contributed by atoms with Gasteiger partial charge in [0.1, 0.15) is 6.04 Å². The highest BCUT2D eigenvalue weighted by Gasteiger charge is 2.21. The van der Waals surface area contributed by atoms with E-state index in [1.165, 1.54) is 0 Å². The summed E-state index contributed by atoms with van der Waals surface area (Å²) in [6.45, 7) is 1.83. The van der Waals surface area contributed by atoms with Crippen molar-refractivity contribution in [2.24, 2.45) is 11.7 Å². The average molecular weight is 288 g/mol. The Labute approximate surface area is 123 Å². The van der Waals surface area contributed by atoms with Crippen molar-refractivity contribution in [3.63, 3.8) is 0 Å². The molecule has 5 heteroatoms. The number of para-hydroxylation sites is 1. The van der Waals surface area contributed by atoms with E-state index in [-0.39, 0.29) is 5.97 Å². The number of carbonyl (C=O) groups is 1. The number of H-pyrrole nitrogens is 1. The lowest BCUT2D eigenvalue weighted by molar-refractivity contribution is -0.146. The summed E-state index contributed by atoms with van der Waals surface area (Å²) in [6.07, 6.45) is 3.33. The van der Waals surface area contributed by atoms with Crippen LogP contribution in [0.25, 0.3) is 10.9 Å². The molecule has 1 aliphatic heterocycles. The molecule has 0 bridgehead atoms. The van der Waals surface area contributed by atoms with E-state index in [0.29, 0.717) is 25.6 Å². The number of carbonyl (C=O) groups excluding carboxylic acids is 1. The Balaban J connectivity index is 1.57. The number of hydrogen-bond acceptors (Lipinski definition) is 4. The van der Waals surface area contributed by atoms with Crippen LogP contribution < -0.4 is 5.73 Å². The fraction of sp³-hybridized carbons (Fsp3) is 0.438. The summed E-state index contributed by atoms with van der Waals surface area (Å²) in [5.41, 5.74) is 8.06. The van der Waals surface area contributed by atoms with Crippen LogP contribution in [0.1, 0.15) is 12.0 Å². The highest BCUT2D eigenvalue weighted by molar-refractivity contribution is 5.84. The van der Waals surface area contributed by atoms with E-state index in [1.54, 1.807) is 0 Å². The molecule has 0 aliphatic carbocycles. The van der Waals surface area contributed by atoms with Crippen molar-refractivity contribution in [1.29, 1.82) is 0 Å². The predicted octanol–water partition coefficient (Wildman–Crippen LogP) is 1.62. The molecule has 1 saturated heterocycles. The van der Waals surface area contributed by atoms with Crippen molar-refractivity contribution in [2.45, 2.75) is 18.9 Å². The van der Waals surface area contributed by atoms with Gasteiger partial charge < -0.3 is 20.2 Å². The molecule has 2 aromatic rings. The third kappa shape index (κ3) is 3.25. The minimum Gasteiger partial charge on any atom is -0.464 e. The molecule has 0 spiro atoms. The summed E-state index contributed by atoms with van der Waals surface area (Å²) >= 11 is 0. The van der Waals surface area contributed by atoms with Crippen molar-refractivity contribution >= 4 is 16.9 Å². The second-order valence-electron chi connectivity index (χ2n) is 5.53. The van der Waals surface area contributed by atoms with E-state index in [4.69, 9.17) is 15.2 Å². The van der Waals surface area contributed by atoms with Gasteiger partial charge >= 0.3 is 5.97 Å². The number of hydrogen-bond donors (Lipinski definition) is 2. The highest BCUT2D eigenvalue weighted by atomic mass is 16.5. The summed E-state index contributed by atoms with van der Waals surface area (Å²) in [6, 6.07) is 7.34. The Bertz CT molecular complexity index is 617. The number of fused-ring (bicyclic) bond motifs is 1. The zero-order valence-corrected chi connectivity index (χ0v) is 11.9. The fourth-order valence-corrected chi connectivity index (χ4v) is 2.64. The fourth-order valence-electron chi connectivity index (χ4n) is 2.64. The molecule has 1 aromatic heterocycles. The number of aromatic amines is 1. The molecule has 5 nitrogen and oxygen atoms in total. The SMILES string of the molecule is N[C@H](Cc1c[nH]c2ccccc12)C(=O)OCC1CCOC1. The van der Waals surface area contributed by atoms with Gasteiger partial charge in [-0.2, -0.15) is 0 Å². The van der Waals surface area contributed by atoms with Crippen LogP contribution in [0, 0.1) is 5.92 Å². The minimum absolute atomic E-state index is 0.314. The second kappa shape index (κ2) is 6.28. The van der Waals surface area contributed by atoms with Crippen LogP contribution in [0.4, 0.5) is 0 Å². The molecule has 0 radical (unpaired) electrons. The van der Waals surface area contributed by atoms with Gasteiger partial charge in [-0.3, -0.25) is 4.79 Å². The lowest BCUT2D eigenvalue weighted by atomic mass is 10.1. The van der Waals surface area contributed by atoms with Crippen molar-refractivity contribution in [3.8, 4) is 0 Å². The maximum atomic E-state index is 12.0. The van der Waals surface area contributed by atoms with Gasteiger partial charge in [-0.15, -0.1) is 0 Å². The standard InChI is InChI=1S/C16H20N2O3/c17-14(16(19)21-10-11-5-6-20-9-11)7-12-8-18-15-4-2-1-3-13(12)15/h1-4,8,11,14,18H,5-7,9-10,17H2/t11?,14-/m1/s1. The van der Waals surface area contributed by atoms with Gasteiger partial charge in [-0.1, -0.05) is 18.2 Å². The zero-order chi connectivity index (χ0) is 14.7. The second-order valence-corrected chi connectivity index (χ2v) is 5.53. The van der Waals surface area contributed by atoms with Gasteiger partial charge in [0, 0.05) is 36.0 Å². The Kier molecular flexibility index (Phi) is 4.22. The molecule has 0 amide bonds. The molecule has 3 rings (SSSR count). The van der Waals surface area contributed by atoms with Gasteiger partial charge in [-0.25, -0.2) is 0 Å². The normalized spacial score (nSPS) is 19.8. The summed E-state index contributed by atoms with van der Waals surface area (Å²) in [4.78, 5) is 15.1. The van der Waals surface area contributed by atoms with E-state index in [9.17, 15) is 4.79 Å². The molecule has 1 unspecified atom stereocenters. The smallest absolute Gasteiger partial charge is 0.323 e. The average Bonchev–Trinajstić information content (AvgIpc) is 3.15. The van der Waals surface area contributed by atoms with E-state index in [2.05, 4.69) is 4.98 Å². The third-order valence-electron chi connectivity index (χ3n) is 3.90. The first-order valence-electron chi connectivity index (χ1n) is 7.29. The van der Waals surface area contributed by atoms with Crippen LogP contribution in [0.2, 0.25) is 0 Å². The number of benzene rings is 1. The van der Waals surface area contributed by atoms with Crippen LogP contribution in [-0.4, -0.2) is 36.8 Å². The van der Waals surface area contributed by atoms with E-state index >= 15 is 0 Å². The Hall–Kier alpha value is -1.85. The molecule has 1 aliphatic rings. The molecule has 112 valence electrons. The summed E-state index contributed by atoms with van der Waals surface area (Å²) in [5, 5.41) is 1.10. The maximum Gasteiger partial charge on any atom is 0.323 e. The molecule has 1 aromatic carbocycles. The molecule has 2 atom stereocenters. The van der Waals surface area contributed by atoms with Gasteiger partial charge in [0.2, 0.25) is 0 Å². The molecular formula is C16H20N2O3. The first-order chi connectivity index (χ1) is 10.2. The maximum absolute atomic E-state index is 12.0.